The van der Waals surface area contributed by atoms with E-state index in [0.29, 0.717) is 21.8 Å². The maximum absolute atomic E-state index is 3.39. The van der Waals surface area contributed by atoms with Gasteiger partial charge in [0.15, 0.2) is 0 Å². The number of hydrogen-bond acceptors (Lipinski definition) is 1. The SMILES string of the molecule is CC(C)(C)C1(C)CC1.CNC1(C(C)(C)C)CC1. The summed E-state index contributed by atoms with van der Waals surface area (Å²) >= 11 is 0. The van der Waals surface area contributed by atoms with Crippen molar-refractivity contribution in [1.82, 2.24) is 5.32 Å². The fourth-order valence-corrected chi connectivity index (χ4v) is 2.44. The molecule has 2 aliphatic rings. The van der Waals surface area contributed by atoms with Crippen molar-refractivity contribution in [1.29, 1.82) is 0 Å². The molecule has 2 saturated carbocycles. The van der Waals surface area contributed by atoms with Gasteiger partial charge >= 0.3 is 0 Å². The summed E-state index contributed by atoms with van der Waals surface area (Å²) in [5.74, 6) is 0. The lowest BCUT2D eigenvalue weighted by Crippen LogP contribution is -2.40. The summed E-state index contributed by atoms with van der Waals surface area (Å²) in [4.78, 5) is 0. The van der Waals surface area contributed by atoms with E-state index in [1.54, 1.807) is 0 Å². The predicted molar refractivity (Wildman–Crippen MR) is 77.3 cm³/mol. The van der Waals surface area contributed by atoms with Gasteiger partial charge in [-0.05, 0) is 49.0 Å². The van der Waals surface area contributed by atoms with E-state index in [0.717, 1.165) is 0 Å². The van der Waals surface area contributed by atoms with Gasteiger partial charge < -0.3 is 5.32 Å². The Morgan fingerprint density at radius 1 is 0.765 bits per heavy atom. The van der Waals surface area contributed by atoms with Gasteiger partial charge in [-0.25, -0.2) is 0 Å². The number of rotatable bonds is 1. The van der Waals surface area contributed by atoms with Crippen LogP contribution in [0.25, 0.3) is 0 Å². The van der Waals surface area contributed by atoms with Gasteiger partial charge in [0.1, 0.15) is 0 Å². The zero-order valence-corrected chi connectivity index (χ0v) is 13.3. The highest BCUT2D eigenvalue weighted by molar-refractivity contribution is 5.08. The molecule has 0 heterocycles. The van der Waals surface area contributed by atoms with Crippen LogP contribution in [0.15, 0.2) is 0 Å². The van der Waals surface area contributed by atoms with Gasteiger partial charge in [0.25, 0.3) is 0 Å². The Morgan fingerprint density at radius 3 is 1.18 bits per heavy atom. The molecule has 0 amide bonds. The second kappa shape index (κ2) is 4.26. The third kappa shape index (κ3) is 3.24. The zero-order chi connectivity index (χ0) is 13.5. The maximum Gasteiger partial charge on any atom is 0.0228 e. The first kappa shape index (κ1) is 15.0. The van der Waals surface area contributed by atoms with Crippen molar-refractivity contribution in [2.75, 3.05) is 7.05 Å². The third-order valence-electron chi connectivity index (χ3n) is 5.47. The Kier molecular flexibility index (Phi) is 3.76. The fourth-order valence-electron chi connectivity index (χ4n) is 2.44. The van der Waals surface area contributed by atoms with Crippen LogP contribution in [0.5, 0.6) is 0 Å². The lowest BCUT2D eigenvalue weighted by atomic mass is 9.79. The molecule has 0 aromatic heterocycles. The summed E-state index contributed by atoms with van der Waals surface area (Å²) in [6.45, 7) is 16.3. The van der Waals surface area contributed by atoms with Gasteiger partial charge in [0.2, 0.25) is 0 Å². The van der Waals surface area contributed by atoms with Crippen molar-refractivity contribution in [3.05, 3.63) is 0 Å². The van der Waals surface area contributed by atoms with E-state index >= 15 is 0 Å². The molecule has 0 saturated heterocycles. The average molecular weight is 239 g/mol. The molecule has 0 aliphatic heterocycles. The van der Waals surface area contributed by atoms with Crippen molar-refractivity contribution >= 4 is 0 Å². The molecule has 1 heteroatoms. The molecule has 2 fully saturated rings. The lowest BCUT2D eigenvalue weighted by Gasteiger charge is -2.30. The van der Waals surface area contributed by atoms with Gasteiger partial charge in [0, 0.05) is 5.54 Å². The van der Waals surface area contributed by atoms with Crippen LogP contribution in [-0.4, -0.2) is 12.6 Å². The molecular weight excluding hydrogens is 206 g/mol. The molecule has 0 aromatic carbocycles. The van der Waals surface area contributed by atoms with Crippen LogP contribution in [0.1, 0.15) is 74.1 Å². The molecule has 2 rings (SSSR count). The molecule has 1 N–H and O–H groups in total. The Bertz CT molecular complexity index is 253. The second-order valence-corrected chi connectivity index (χ2v) is 8.39. The van der Waals surface area contributed by atoms with E-state index in [2.05, 4.69) is 60.8 Å². The predicted octanol–water partition coefficient (Wildman–Crippen LogP) is 4.62. The molecular formula is C16H33N. The molecule has 102 valence electrons. The van der Waals surface area contributed by atoms with Crippen LogP contribution in [0.2, 0.25) is 0 Å². The monoisotopic (exact) mass is 239 g/mol. The van der Waals surface area contributed by atoms with E-state index in [4.69, 9.17) is 0 Å². The van der Waals surface area contributed by atoms with Crippen molar-refractivity contribution in [3.8, 4) is 0 Å². The third-order valence-corrected chi connectivity index (χ3v) is 5.47. The van der Waals surface area contributed by atoms with Crippen LogP contribution < -0.4 is 5.32 Å². The average Bonchev–Trinajstić information content (AvgIpc) is 2.95. The van der Waals surface area contributed by atoms with Gasteiger partial charge in [-0.15, -0.1) is 0 Å². The Morgan fingerprint density at radius 2 is 1.18 bits per heavy atom. The van der Waals surface area contributed by atoms with Gasteiger partial charge in [0.05, 0.1) is 0 Å². The summed E-state index contributed by atoms with van der Waals surface area (Å²) in [5.41, 5.74) is 2.16. The fraction of sp³-hybridized carbons (Fsp3) is 1.00. The van der Waals surface area contributed by atoms with Crippen LogP contribution in [0, 0.1) is 16.2 Å². The molecule has 0 spiro atoms. The molecule has 1 nitrogen and oxygen atoms in total. The maximum atomic E-state index is 3.39. The smallest absolute Gasteiger partial charge is 0.0228 e. The Hall–Kier alpha value is -0.0400. The summed E-state index contributed by atoms with van der Waals surface area (Å²) in [6, 6.07) is 0. The molecule has 2 aliphatic carbocycles. The first-order valence-electron chi connectivity index (χ1n) is 7.16. The number of hydrogen-bond donors (Lipinski definition) is 1. The summed E-state index contributed by atoms with van der Waals surface area (Å²) < 4.78 is 0. The highest BCUT2D eigenvalue weighted by Crippen LogP contribution is 2.57. The van der Waals surface area contributed by atoms with Crippen molar-refractivity contribution in [3.63, 3.8) is 0 Å². The number of nitrogens with one attached hydrogen (secondary N) is 1. The van der Waals surface area contributed by atoms with Gasteiger partial charge in [-0.3, -0.25) is 0 Å². The quantitative estimate of drug-likeness (QED) is 0.704. The molecule has 0 unspecified atom stereocenters. The summed E-state index contributed by atoms with van der Waals surface area (Å²) in [7, 11) is 2.07. The first-order chi connectivity index (χ1) is 7.47. The molecule has 0 bridgehead atoms. The standard InChI is InChI=1S/C8H17N.C8H16/c1-7(2,3)8(9-4)5-6-8;1-7(2,3)8(4)5-6-8/h9H,5-6H2,1-4H3;5-6H2,1-4H3. The van der Waals surface area contributed by atoms with E-state index in [-0.39, 0.29) is 0 Å². The minimum atomic E-state index is 0.446. The van der Waals surface area contributed by atoms with E-state index in [1.165, 1.54) is 25.7 Å². The second-order valence-electron chi connectivity index (χ2n) is 8.39. The summed E-state index contributed by atoms with van der Waals surface area (Å²) in [6.07, 6.45) is 5.59. The normalized spacial score (nSPS) is 24.7. The van der Waals surface area contributed by atoms with Crippen LogP contribution in [0.3, 0.4) is 0 Å². The van der Waals surface area contributed by atoms with Crippen molar-refractivity contribution < 1.29 is 0 Å². The molecule has 0 aromatic rings. The largest absolute Gasteiger partial charge is 0.314 e. The minimum Gasteiger partial charge on any atom is -0.314 e. The van der Waals surface area contributed by atoms with Crippen LogP contribution in [0.4, 0.5) is 0 Å². The van der Waals surface area contributed by atoms with Crippen molar-refractivity contribution in [2.24, 2.45) is 16.2 Å². The van der Waals surface area contributed by atoms with Crippen molar-refractivity contribution in [2.45, 2.75) is 79.7 Å². The molecule has 0 radical (unpaired) electrons. The highest BCUT2D eigenvalue weighted by Gasteiger charge is 2.50. The zero-order valence-electron chi connectivity index (χ0n) is 13.3. The molecule has 0 atom stereocenters. The van der Waals surface area contributed by atoms with Gasteiger partial charge in [-0.1, -0.05) is 48.5 Å². The van der Waals surface area contributed by atoms with Crippen LogP contribution in [-0.2, 0) is 0 Å². The van der Waals surface area contributed by atoms with E-state index in [1.807, 2.05) is 0 Å². The van der Waals surface area contributed by atoms with Gasteiger partial charge in [-0.2, -0.15) is 0 Å². The summed E-state index contributed by atoms with van der Waals surface area (Å²) in [5, 5.41) is 3.39. The Balaban J connectivity index is 0.000000171. The van der Waals surface area contributed by atoms with E-state index in [9.17, 15) is 0 Å². The Labute approximate surface area is 109 Å². The topological polar surface area (TPSA) is 12.0 Å². The lowest BCUT2D eigenvalue weighted by molar-refractivity contribution is 0.237. The van der Waals surface area contributed by atoms with Crippen LogP contribution >= 0.6 is 0 Å². The van der Waals surface area contributed by atoms with E-state index < -0.39 is 0 Å². The minimum absolute atomic E-state index is 0.446. The molecule has 17 heavy (non-hydrogen) atoms. The highest BCUT2D eigenvalue weighted by atomic mass is 15.0. The first-order valence-corrected chi connectivity index (χ1v) is 7.16.